The van der Waals surface area contributed by atoms with Crippen LogP contribution in [0.1, 0.15) is 53.0 Å². The van der Waals surface area contributed by atoms with E-state index >= 15 is 0 Å². The van der Waals surface area contributed by atoms with Crippen LogP contribution in [0.5, 0.6) is 0 Å². The molecule has 7 heteroatoms. The molecule has 1 aromatic carbocycles. The van der Waals surface area contributed by atoms with Crippen LogP contribution in [0.25, 0.3) is 0 Å². The number of benzene rings is 1. The number of hydrogen-bond donors (Lipinski definition) is 1. The van der Waals surface area contributed by atoms with Gasteiger partial charge in [-0.25, -0.2) is 4.68 Å². The van der Waals surface area contributed by atoms with Crippen molar-refractivity contribution in [2.24, 2.45) is 5.92 Å². The second-order valence-corrected chi connectivity index (χ2v) is 7.15. The Labute approximate surface area is 147 Å². The van der Waals surface area contributed by atoms with Gasteiger partial charge in [-0.05, 0) is 42.3 Å². The molecule has 2 aromatic rings. The van der Waals surface area contributed by atoms with Crippen LogP contribution in [0.2, 0.25) is 0 Å². The first-order valence-electron chi connectivity index (χ1n) is 8.96. The molecule has 0 atom stereocenters. The number of nitrogens with zero attached hydrogens (tertiary/aromatic N) is 3. The lowest BCUT2D eigenvalue weighted by Gasteiger charge is -2.09. The number of rotatable bonds is 5. The molecule has 4 rings (SSSR count). The number of Topliss-reactive ketones (excluding diaryl/α,β-unsaturated/α-hetero) is 1. The fraction of sp³-hybridized carbons (Fsp3) is 0.500. The third-order valence-corrected chi connectivity index (χ3v) is 5.39. The quantitative estimate of drug-likeness (QED) is 0.659. The van der Waals surface area contributed by atoms with E-state index in [1.54, 1.807) is 0 Å². The van der Waals surface area contributed by atoms with Crippen molar-refractivity contribution < 1.29 is 14.5 Å². The molecule has 1 aromatic heterocycles. The molecule has 1 aliphatic heterocycles. The molecule has 0 amide bonds. The van der Waals surface area contributed by atoms with E-state index < -0.39 is 7.12 Å². The van der Waals surface area contributed by atoms with E-state index in [4.69, 9.17) is 4.65 Å². The van der Waals surface area contributed by atoms with Gasteiger partial charge in [-0.3, -0.25) is 4.79 Å². The molecule has 1 saturated carbocycles. The Kier molecular flexibility index (Phi) is 4.44. The zero-order chi connectivity index (χ0) is 17.4. The first kappa shape index (κ1) is 16.5. The zero-order valence-electron chi connectivity index (χ0n) is 14.4. The predicted octanol–water partition coefficient (Wildman–Crippen LogP) is 1.42. The SMILES string of the molecule is Cc1c(C(=O)Cc2ccc3c(c2)B(O)OC3)nnn1CC1CCCC1. The average molecular weight is 339 g/mol. The van der Waals surface area contributed by atoms with Crippen LogP contribution in [0.15, 0.2) is 18.2 Å². The van der Waals surface area contributed by atoms with Crippen LogP contribution >= 0.6 is 0 Å². The largest absolute Gasteiger partial charge is 0.491 e. The van der Waals surface area contributed by atoms with Gasteiger partial charge in [-0.2, -0.15) is 0 Å². The van der Waals surface area contributed by atoms with Gasteiger partial charge in [0.25, 0.3) is 0 Å². The number of carbonyl (C=O) groups is 1. The minimum Gasteiger partial charge on any atom is -0.423 e. The van der Waals surface area contributed by atoms with Crippen molar-refractivity contribution in [2.75, 3.05) is 0 Å². The second kappa shape index (κ2) is 6.73. The van der Waals surface area contributed by atoms with Gasteiger partial charge in [0, 0.05) is 13.0 Å². The Bertz CT molecular complexity index is 799. The molecule has 6 nitrogen and oxygen atoms in total. The number of hydrogen-bond acceptors (Lipinski definition) is 5. The van der Waals surface area contributed by atoms with Gasteiger partial charge in [-0.15, -0.1) is 5.10 Å². The van der Waals surface area contributed by atoms with Crippen molar-refractivity contribution in [3.05, 3.63) is 40.7 Å². The molecule has 0 saturated heterocycles. The number of ketones is 1. The number of aromatic nitrogens is 3. The van der Waals surface area contributed by atoms with Gasteiger partial charge >= 0.3 is 7.12 Å². The smallest absolute Gasteiger partial charge is 0.423 e. The summed E-state index contributed by atoms with van der Waals surface area (Å²) < 4.78 is 7.08. The van der Waals surface area contributed by atoms with Crippen molar-refractivity contribution in [3.8, 4) is 0 Å². The highest BCUT2D eigenvalue weighted by Gasteiger charge is 2.28. The Morgan fingerprint density at radius 2 is 2.20 bits per heavy atom. The van der Waals surface area contributed by atoms with Crippen molar-refractivity contribution >= 4 is 18.4 Å². The van der Waals surface area contributed by atoms with Gasteiger partial charge in [0.1, 0.15) is 0 Å². The van der Waals surface area contributed by atoms with Gasteiger partial charge in [0.2, 0.25) is 0 Å². The molecule has 0 unspecified atom stereocenters. The molecule has 0 bridgehead atoms. The highest BCUT2D eigenvalue weighted by atomic mass is 16.5. The van der Waals surface area contributed by atoms with Crippen LogP contribution in [0.4, 0.5) is 0 Å². The lowest BCUT2D eigenvalue weighted by Crippen LogP contribution is -2.28. The fourth-order valence-corrected chi connectivity index (χ4v) is 3.87. The Hall–Kier alpha value is -1.99. The van der Waals surface area contributed by atoms with E-state index in [2.05, 4.69) is 10.3 Å². The van der Waals surface area contributed by atoms with E-state index in [1.165, 1.54) is 25.7 Å². The summed E-state index contributed by atoms with van der Waals surface area (Å²) in [6, 6.07) is 5.68. The summed E-state index contributed by atoms with van der Waals surface area (Å²) in [6.45, 7) is 3.19. The minimum absolute atomic E-state index is 0.0384. The van der Waals surface area contributed by atoms with Crippen molar-refractivity contribution in [2.45, 2.75) is 52.2 Å². The van der Waals surface area contributed by atoms with Gasteiger partial charge < -0.3 is 9.68 Å². The summed E-state index contributed by atoms with van der Waals surface area (Å²) in [7, 11) is -0.890. The minimum atomic E-state index is -0.890. The van der Waals surface area contributed by atoms with Crippen LogP contribution in [-0.4, -0.2) is 32.9 Å². The van der Waals surface area contributed by atoms with E-state index in [0.29, 0.717) is 18.2 Å². The molecule has 0 radical (unpaired) electrons. The second-order valence-electron chi connectivity index (χ2n) is 7.15. The summed E-state index contributed by atoms with van der Waals surface area (Å²) in [5.41, 5.74) is 3.89. The first-order chi connectivity index (χ1) is 12.1. The normalized spacial score (nSPS) is 17.3. The lowest BCUT2D eigenvalue weighted by molar-refractivity contribution is 0.0987. The van der Waals surface area contributed by atoms with Crippen molar-refractivity contribution in [3.63, 3.8) is 0 Å². The molecule has 2 heterocycles. The molecule has 1 N–H and O–H groups in total. The predicted molar refractivity (Wildman–Crippen MR) is 93.6 cm³/mol. The van der Waals surface area contributed by atoms with Gasteiger partial charge in [0.05, 0.1) is 12.3 Å². The zero-order valence-corrected chi connectivity index (χ0v) is 14.4. The Morgan fingerprint density at radius 1 is 1.40 bits per heavy atom. The molecule has 130 valence electrons. The molecular formula is C18H22BN3O3. The van der Waals surface area contributed by atoms with Crippen LogP contribution < -0.4 is 5.46 Å². The number of carbonyl (C=O) groups excluding carboxylic acids is 1. The molecule has 25 heavy (non-hydrogen) atoms. The maximum Gasteiger partial charge on any atom is 0.491 e. The van der Waals surface area contributed by atoms with E-state index in [-0.39, 0.29) is 12.2 Å². The van der Waals surface area contributed by atoms with E-state index in [9.17, 15) is 9.82 Å². The summed E-state index contributed by atoms with van der Waals surface area (Å²) in [5, 5.41) is 18.1. The summed E-state index contributed by atoms with van der Waals surface area (Å²) in [4.78, 5) is 12.7. The third kappa shape index (κ3) is 3.26. The van der Waals surface area contributed by atoms with Gasteiger partial charge in [0.15, 0.2) is 11.5 Å². The molecular weight excluding hydrogens is 317 g/mol. The third-order valence-electron chi connectivity index (χ3n) is 5.39. The highest BCUT2D eigenvalue weighted by Crippen LogP contribution is 2.26. The first-order valence-corrected chi connectivity index (χ1v) is 8.96. The topological polar surface area (TPSA) is 77.2 Å². The molecule has 1 fully saturated rings. The van der Waals surface area contributed by atoms with Crippen LogP contribution in [-0.2, 0) is 24.2 Å². The Balaban J connectivity index is 1.48. The summed E-state index contributed by atoms with van der Waals surface area (Å²) in [6.07, 6.45) is 5.31. The maximum atomic E-state index is 12.7. The molecule has 2 aliphatic rings. The van der Waals surface area contributed by atoms with Gasteiger partial charge in [-0.1, -0.05) is 36.3 Å². The van der Waals surface area contributed by atoms with Crippen molar-refractivity contribution in [1.82, 2.24) is 15.0 Å². The molecule has 0 spiro atoms. The van der Waals surface area contributed by atoms with Crippen LogP contribution in [0, 0.1) is 12.8 Å². The van der Waals surface area contributed by atoms with E-state index in [1.807, 2.05) is 29.8 Å². The lowest BCUT2D eigenvalue weighted by atomic mass is 9.78. The highest BCUT2D eigenvalue weighted by molar-refractivity contribution is 6.61. The fourth-order valence-electron chi connectivity index (χ4n) is 3.87. The maximum absolute atomic E-state index is 12.7. The average Bonchev–Trinajstić information content (AvgIpc) is 3.31. The standard InChI is InChI=1S/C18H22BN3O3/c1-12-18(20-21-22(12)10-13-4-2-3-5-13)17(23)9-14-6-7-15-11-25-19(24)16(15)8-14/h6-8,13,24H,2-5,9-11H2,1H3. The summed E-state index contributed by atoms with van der Waals surface area (Å²) >= 11 is 0. The van der Waals surface area contributed by atoms with E-state index in [0.717, 1.165) is 28.8 Å². The van der Waals surface area contributed by atoms with Crippen molar-refractivity contribution in [1.29, 1.82) is 0 Å². The van der Waals surface area contributed by atoms with Crippen LogP contribution in [0.3, 0.4) is 0 Å². The Morgan fingerprint density at radius 3 is 3.00 bits per heavy atom. The monoisotopic (exact) mass is 339 g/mol. The number of fused-ring (bicyclic) bond motifs is 1. The molecule has 1 aliphatic carbocycles. The summed E-state index contributed by atoms with van der Waals surface area (Å²) in [5.74, 6) is 0.616.